The molecular formula is C20H32N4. The highest BCUT2D eigenvalue weighted by Gasteiger charge is 2.19. The van der Waals surface area contributed by atoms with Gasteiger partial charge in [0, 0.05) is 46.3 Å². The van der Waals surface area contributed by atoms with Gasteiger partial charge in [-0.2, -0.15) is 0 Å². The number of nitrogens with zero attached hydrogens (tertiary/aromatic N) is 3. The van der Waals surface area contributed by atoms with E-state index in [1.165, 1.54) is 43.4 Å². The normalized spacial score (nSPS) is 22.3. The Bertz CT molecular complexity index is 554. The molecule has 0 amide bonds. The van der Waals surface area contributed by atoms with Crippen LogP contribution >= 0.6 is 0 Å². The van der Waals surface area contributed by atoms with E-state index in [1.54, 1.807) is 0 Å². The zero-order valence-electron chi connectivity index (χ0n) is 15.3. The number of benzene rings is 1. The third-order valence-electron chi connectivity index (χ3n) is 5.31. The molecule has 1 unspecified atom stereocenters. The molecule has 0 aromatic heterocycles. The van der Waals surface area contributed by atoms with Gasteiger partial charge in [-0.25, -0.2) is 0 Å². The molecule has 1 saturated heterocycles. The van der Waals surface area contributed by atoms with Crippen LogP contribution in [-0.2, 0) is 13.0 Å². The Balaban J connectivity index is 1.39. The first-order valence-corrected chi connectivity index (χ1v) is 9.51. The molecule has 0 saturated carbocycles. The van der Waals surface area contributed by atoms with Crippen LogP contribution in [0.25, 0.3) is 0 Å². The maximum Gasteiger partial charge on any atom is 0.193 e. The van der Waals surface area contributed by atoms with Crippen molar-refractivity contribution in [3.8, 4) is 0 Å². The quantitative estimate of drug-likeness (QED) is 0.524. The monoisotopic (exact) mass is 328 g/mol. The molecule has 1 aromatic rings. The highest BCUT2D eigenvalue weighted by atomic mass is 15.3. The van der Waals surface area contributed by atoms with Crippen LogP contribution in [0.15, 0.2) is 29.3 Å². The number of fused-ring (bicyclic) bond motifs is 1. The molecule has 1 atom stereocenters. The minimum atomic E-state index is 0.783. The van der Waals surface area contributed by atoms with Crippen molar-refractivity contribution < 1.29 is 0 Å². The number of piperidine rings is 1. The van der Waals surface area contributed by atoms with Gasteiger partial charge >= 0.3 is 0 Å². The van der Waals surface area contributed by atoms with E-state index in [0.717, 1.165) is 44.6 Å². The molecular weight excluding hydrogens is 296 g/mol. The number of hydrogen-bond acceptors (Lipinski definition) is 2. The minimum absolute atomic E-state index is 0.783. The van der Waals surface area contributed by atoms with E-state index < -0.39 is 0 Å². The molecule has 0 bridgehead atoms. The summed E-state index contributed by atoms with van der Waals surface area (Å²) in [7, 11) is 1.91. The molecule has 2 heterocycles. The Kier molecular flexibility index (Phi) is 6.13. The SMILES string of the molecule is CN=C(NCCCN1CCc2ccccc2C1)N1CCCC(C)C1. The summed E-state index contributed by atoms with van der Waals surface area (Å²) in [5.41, 5.74) is 3.04. The molecule has 132 valence electrons. The summed E-state index contributed by atoms with van der Waals surface area (Å²) in [4.78, 5) is 9.48. The second-order valence-electron chi connectivity index (χ2n) is 7.32. The van der Waals surface area contributed by atoms with E-state index in [9.17, 15) is 0 Å². The van der Waals surface area contributed by atoms with Crippen molar-refractivity contribution in [1.29, 1.82) is 0 Å². The smallest absolute Gasteiger partial charge is 0.193 e. The van der Waals surface area contributed by atoms with E-state index in [4.69, 9.17) is 0 Å². The molecule has 1 aromatic carbocycles. The zero-order chi connectivity index (χ0) is 16.8. The molecule has 3 rings (SSSR count). The van der Waals surface area contributed by atoms with Gasteiger partial charge in [0.15, 0.2) is 5.96 Å². The number of aliphatic imine (C=N–C) groups is 1. The van der Waals surface area contributed by atoms with Crippen LogP contribution in [0.3, 0.4) is 0 Å². The van der Waals surface area contributed by atoms with Gasteiger partial charge in [0.05, 0.1) is 0 Å². The van der Waals surface area contributed by atoms with E-state index in [1.807, 2.05) is 7.05 Å². The van der Waals surface area contributed by atoms with E-state index >= 15 is 0 Å². The number of guanidine groups is 1. The fraction of sp³-hybridized carbons (Fsp3) is 0.650. The number of hydrogen-bond donors (Lipinski definition) is 1. The first kappa shape index (κ1) is 17.3. The molecule has 0 spiro atoms. The van der Waals surface area contributed by atoms with Crippen LogP contribution in [0.2, 0.25) is 0 Å². The van der Waals surface area contributed by atoms with Crippen LogP contribution in [-0.4, -0.2) is 55.5 Å². The zero-order valence-corrected chi connectivity index (χ0v) is 15.3. The topological polar surface area (TPSA) is 30.9 Å². The second-order valence-corrected chi connectivity index (χ2v) is 7.32. The fourth-order valence-electron chi connectivity index (χ4n) is 3.96. The van der Waals surface area contributed by atoms with E-state index in [-0.39, 0.29) is 0 Å². The minimum Gasteiger partial charge on any atom is -0.356 e. The van der Waals surface area contributed by atoms with Gasteiger partial charge < -0.3 is 10.2 Å². The Morgan fingerprint density at radius 1 is 1.25 bits per heavy atom. The van der Waals surface area contributed by atoms with Gasteiger partial charge in [0.25, 0.3) is 0 Å². The fourth-order valence-corrected chi connectivity index (χ4v) is 3.96. The molecule has 2 aliphatic rings. The van der Waals surface area contributed by atoms with Crippen molar-refractivity contribution in [1.82, 2.24) is 15.1 Å². The lowest BCUT2D eigenvalue weighted by molar-refractivity contribution is 0.248. The van der Waals surface area contributed by atoms with Crippen LogP contribution in [0.4, 0.5) is 0 Å². The lowest BCUT2D eigenvalue weighted by Gasteiger charge is -2.33. The summed E-state index contributed by atoms with van der Waals surface area (Å²) in [5, 5.41) is 3.57. The van der Waals surface area contributed by atoms with Crippen molar-refractivity contribution >= 4 is 5.96 Å². The Hall–Kier alpha value is -1.55. The largest absolute Gasteiger partial charge is 0.356 e. The lowest BCUT2D eigenvalue weighted by atomic mass is 10.00. The summed E-state index contributed by atoms with van der Waals surface area (Å²) in [5.74, 6) is 1.87. The molecule has 4 heteroatoms. The van der Waals surface area contributed by atoms with Gasteiger partial charge in [-0.05, 0) is 42.7 Å². The summed E-state index contributed by atoms with van der Waals surface area (Å²) < 4.78 is 0. The van der Waals surface area contributed by atoms with Gasteiger partial charge in [0.2, 0.25) is 0 Å². The second kappa shape index (κ2) is 8.52. The average molecular weight is 329 g/mol. The van der Waals surface area contributed by atoms with Gasteiger partial charge in [-0.1, -0.05) is 31.2 Å². The first-order valence-electron chi connectivity index (χ1n) is 9.51. The average Bonchev–Trinajstić information content (AvgIpc) is 2.61. The van der Waals surface area contributed by atoms with Gasteiger partial charge in [0.1, 0.15) is 0 Å². The molecule has 0 radical (unpaired) electrons. The van der Waals surface area contributed by atoms with Crippen LogP contribution in [0, 0.1) is 5.92 Å². The van der Waals surface area contributed by atoms with Crippen molar-refractivity contribution in [2.24, 2.45) is 10.9 Å². The third-order valence-corrected chi connectivity index (χ3v) is 5.31. The van der Waals surface area contributed by atoms with E-state index in [0.29, 0.717) is 0 Å². The molecule has 1 N–H and O–H groups in total. The number of rotatable bonds is 4. The predicted octanol–water partition coefficient (Wildman–Crippen LogP) is 2.74. The number of likely N-dealkylation sites (tertiary alicyclic amines) is 1. The van der Waals surface area contributed by atoms with Crippen LogP contribution < -0.4 is 5.32 Å². The first-order chi connectivity index (χ1) is 11.8. The summed E-state index contributed by atoms with van der Waals surface area (Å²) in [6.07, 6.45) is 5.00. The van der Waals surface area contributed by atoms with Crippen molar-refractivity contribution in [2.45, 2.75) is 39.2 Å². The van der Waals surface area contributed by atoms with Gasteiger partial charge in [-0.15, -0.1) is 0 Å². The number of nitrogens with one attached hydrogen (secondary N) is 1. The van der Waals surface area contributed by atoms with E-state index in [2.05, 4.69) is 51.3 Å². The Morgan fingerprint density at radius 3 is 2.88 bits per heavy atom. The Morgan fingerprint density at radius 2 is 2.08 bits per heavy atom. The van der Waals surface area contributed by atoms with Gasteiger partial charge in [-0.3, -0.25) is 9.89 Å². The molecule has 2 aliphatic heterocycles. The molecule has 24 heavy (non-hydrogen) atoms. The van der Waals surface area contributed by atoms with Crippen molar-refractivity contribution in [3.63, 3.8) is 0 Å². The molecule has 4 nitrogen and oxygen atoms in total. The highest BCUT2D eigenvalue weighted by Crippen LogP contribution is 2.18. The van der Waals surface area contributed by atoms with Crippen molar-refractivity contribution in [3.05, 3.63) is 35.4 Å². The molecule has 0 aliphatic carbocycles. The highest BCUT2D eigenvalue weighted by molar-refractivity contribution is 5.79. The maximum atomic E-state index is 4.48. The standard InChI is InChI=1S/C20H32N4/c1-17-7-5-13-24(15-17)20(21-2)22-11-6-12-23-14-10-18-8-3-4-9-19(18)16-23/h3-4,8-9,17H,5-7,10-16H2,1-2H3,(H,21,22). The maximum absolute atomic E-state index is 4.48. The summed E-state index contributed by atoms with van der Waals surface area (Å²) in [6, 6.07) is 8.87. The lowest BCUT2D eigenvalue weighted by Crippen LogP contribution is -2.46. The van der Waals surface area contributed by atoms with Crippen LogP contribution in [0.5, 0.6) is 0 Å². The predicted molar refractivity (Wildman–Crippen MR) is 101 cm³/mol. The van der Waals surface area contributed by atoms with Crippen molar-refractivity contribution in [2.75, 3.05) is 39.8 Å². The Labute approximate surface area is 146 Å². The molecule has 1 fully saturated rings. The summed E-state index contributed by atoms with van der Waals surface area (Å²) in [6.45, 7) is 9.09. The van der Waals surface area contributed by atoms with Crippen LogP contribution in [0.1, 0.15) is 37.3 Å². The third kappa shape index (κ3) is 4.50. The summed E-state index contributed by atoms with van der Waals surface area (Å²) >= 11 is 0.